The van der Waals surface area contributed by atoms with Crippen LogP contribution >= 0.6 is 11.6 Å². The maximum atomic E-state index is 13.3. The normalized spacial score (nSPS) is 12.7. The molecule has 0 radical (unpaired) electrons. The summed E-state index contributed by atoms with van der Waals surface area (Å²) in [5, 5.41) is 3.51. The number of benzene rings is 2. The maximum absolute atomic E-state index is 13.3. The standard InChI is InChI=1S/C23H28ClFN2O3/c1-4-16(3)26-23(29)21(5-2)27(14-17-6-10-19(25)11-7-17)22(28)15-30-20-12-8-18(24)9-13-20/h6-13,16,21H,4-5,14-15H2,1-3H3,(H,26,29)/t16-,21-/m0/s1. The van der Waals surface area contributed by atoms with Crippen molar-refractivity contribution in [1.29, 1.82) is 0 Å². The zero-order valence-electron chi connectivity index (χ0n) is 17.5. The van der Waals surface area contributed by atoms with Gasteiger partial charge in [-0.2, -0.15) is 0 Å². The molecule has 5 nitrogen and oxygen atoms in total. The number of hydrogen-bond acceptors (Lipinski definition) is 3. The Morgan fingerprint density at radius 1 is 1.07 bits per heavy atom. The third-order valence-corrected chi connectivity index (χ3v) is 5.08. The van der Waals surface area contributed by atoms with Crippen LogP contribution < -0.4 is 10.1 Å². The van der Waals surface area contributed by atoms with Crippen molar-refractivity contribution in [2.75, 3.05) is 6.61 Å². The molecule has 0 aromatic heterocycles. The van der Waals surface area contributed by atoms with E-state index < -0.39 is 6.04 Å². The van der Waals surface area contributed by atoms with Gasteiger partial charge in [-0.3, -0.25) is 9.59 Å². The molecule has 2 aromatic carbocycles. The molecule has 0 heterocycles. The number of amides is 2. The average molecular weight is 435 g/mol. The van der Waals surface area contributed by atoms with Gasteiger partial charge in [0.15, 0.2) is 6.61 Å². The average Bonchev–Trinajstić information content (AvgIpc) is 2.74. The van der Waals surface area contributed by atoms with Gasteiger partial charge in [-0.1, -0.05) is 37.6 Å². The summed E-state index contributed by atoms with van der Waals surface area (Å²) in [7, 11) is 0. The van der Waals surface area contributed by atoms with Crippen LogP contribution in [0.15, 0.2) is 48.5 Å². The van der Waals surface area contributed by atoms with Crippen molar-refractivity contribution in [2.45, 2.75) is 52.2 Å². The molecule has 30 heavy (non-hydrogen) atoms. The van der Waals surface area contributed by atoms with Crippen molar-refractivity contribution >= 4 is 23.4 Å². The number of nitrogens with zero attached hydrogens (tertiary/aromatic N) is 1. The van der Waals surface area contributed by atoms with Gasteiger partial charge in [0.05, 0.1) is 0 Å². The fraction of sp³-hybridized carbons (Fsp3) is 0.391. The number of rotatable bonds is 10. The molecule has 0 unspecified atom stereocenters. The summed E-state index contributed by atoms with van der Waals surface area (Å²) in [6, 6.07) is 11.9. The Morgan fingerprint density at radius 3 is 2.27 bits per heavy atom. The highest BCUT2D eigenvalue weighted by Crippen LogP contribution is 2.17. The van der Waals surface area contributed by atoms with E-state index in [0.717, 1.165) is 12.0 Å². The van der Waals surface area contributed by atoms with Gasteiger partial charge in [0.2, 0.25) is 5.91 Å². The first kappa shape index (κ1) is 23.7. The van der Waals surface area contributed by atoms with E-state index in [-0.39, 0.29) is 36.8 Å². The summed E-state index contributed by atoms with van der Waals surface area (Å²) in [6.07, 6.45) is 1.23. The van der Waals surface area contributed by atoms with E-state index in [1.54, 1.807) is 36.4 Å². The van der Waals surface area contributed by atoms with Crippen LogP contribution in [0.5, 0.6) is 5.75 Å². The zero-order chi connectivity index (χ0) is 22.1. The monoisotopic (exact) mass is 434 g/mol. The van der Waals surface area contributed by atoms with Crippen molar-refractivity contribution in [3.8, 4) is 5.75 Å². The molecule has 0 aliphatic rings. The summed E-state index contributed by atoms with van der Waals surface area (Å²) >= 11 is 5.87. The van der Waals surface area contributed by atoms with Gasteiger partial charge in [0, 0.05) is 17.6 Å². The maximum Gasteiger partial charge on any atom is 0.261 e. The summed E-state index contributed by atoms with van der Waals surface area (Å²) in [4.78, 5) is 27.3. The van der Waals surface area contributed by atoms with E-state index in [2.05, 4.69) is 5.32 Å². The van der Waals surface area contributed by atoms with E-state index in [0.29, 0.717) is 17.2 Å². The lowest BCUT2D eigenvalue weighted by atomic mass is 10.1. The lowest BCUT2D eigenvalue weighted by molar-refractivity contribution is -0.143. The Balaban J connectivity index is 2.19. The number of carbonyl (C=O) groups excluding carboxylic acids is 2. The molecule has 2 amide bonds. The fourth-order valence-corrected chi connectivity index (χ4v) is 3.03. The Kier molecular flexibility index (Phi) is 9.12. The van der Waals surface area contributed by atoms with Gasteiger partial charge in [0.25, 0.3) is 5.91 Å². The Labute approximate surface area is 182 Å². The van der Waals surface area contributed by atoms with Crippen LogP contribution in [-0.4, -0.2) is 35.4 Å². The lowest BCUT2D eigenvalue weighted by Crippen LogP contribution is -2.51. The van der Waals surface area contributed by atoms with E-state index in [1.807, 2.05) is 20.8 Å². The minimum Gasteiger partial charge on any atom is -0.484 e. The molecule has 2 aromatic rings. The third kappa shape index (κ3) is 7.02. The van der Waals surface area contributed by atoms with Crippen molar-refractivity contribution in [3.63, 3.8) is 0 Å². The van der Waals surface area contributed by atoms with Gasteiger partial charge in [-0.25, -0.2) is 4.39 Å². The first-order valence-electron chi connectivity index (χ1n) is 10.1. The molecule has 162 valence electrons. The summed E-state index contributed by atoms with van der Waals surface area (Å²) in [5.74, 6) is -0.398. The molecule has 7 heteroatoms. The van der Waals surface area contributed by atoms with Gasteiger partial charge in [0.1, 0.15) is 17.6 Å². The molecule has 0 aliphatic carbocycles. The smallest absolute Gasteiger partial charge is 0.261 e. The molecule has 1 N–H and O–H groups in total. The van der Waals surface area contributed by atoms with Gasteiger partial charge < -0.3 is 15.0 Å². The van der Waals surface area contributed by atoms with Crippen LogP contribution in [-0.2, 0) is 16.1 Å². The second-order valence-corrected chi connectivity index (χ2v) is 7.57. The number of hydrogen-bond donors (Lipinski definition) is 1. The Morgan fingerprint density at radius 2 is 1.70 bits per heavy atom. The fourth-order valence-electron chi connectivity index (χ4n) is 2.91. The number of ether oxygens (including phenoxy) is 1. The first-order chi connectivity index (χ1) is 14.3. The minimum absolute atomic E-state index is 0.000333. The lowest BCUT2D eigenvalue weighted by Gasteiger charge is -2.31. The van der Waals surface area contributed by atoms with Crippen molar-refractivity contribution in [3.05, 3.63) is 64.9 Å². The van der Waals surface area contributed by atoms with Crippen LogP contribution in [0.25, 0.3) is 0 Å². The minimum atomic E-state index is -0.662. The van der Waals surface area contributed by atoms with E-state index >= 15 is 0 Å². The van der Waals surface area contributed by atoms with Crippen LogP contribution in [0.1, 0.15) is 39.2 Å². The van der Waals surface area contributed by atoms with Gasteiger partial charge >= 0.3 is 0 Å². The van der Waals surface area contributed by atoms with Crippen molar-refractivity contribution < 1.29 is 18.7 Å². The Bertz CT molecular complexity index is 827. The molecular weight excluding hydrogens is 407 g/mol. The molecule has 0 aliphatic heterocycles. The van der Waals surface area contributed by atoms with Crippen LogP contribution in [0.4, 0.5) is 4.39 Å². The molecule has 0 spiro atoms. The summed E-state index contributed by atoms with van der Waals surface area (Å²) in [5.41, 5.74) is 0.728. The molecule has 2 atom stereocenters. The predicted molar refractivity (Wildman–Crippen MR) is 116 cm³/mol. The number of nitrogens with one attached hydrogen (secondary N) is 1. The molecule has 0 saturated heterocycles. The molecule has 0 fully saturated rings. The SMILES string of the molecule is CC[C@H](C)NC(=O)[C@H](CC)N(Cc1ccc(F)cc1)C(=O)COc1ccc(Cl)cc1. The van der Waals surface area contributed by atoms with Gasteiger partial charge in [-0.15, -0.1) is 0 Å². The summed E-state index contributed by atoms with van der Waals surface area (Å²) in [6.45, 7) is 5.70. The molecule has 2 rings (SSSR count). The topological polar surface area (TPSA) is 58.6 Å². The second kappa shape index (κ2) is 11.6. The Hall–Kier alpha value is -2.60. The highest BCUT2D eigenvalue weighted by molar-refractivity contribution is 6.30. The second-order valence-electron chi connectivity index (χ2n) is 7.13. The van der Waals surface area contributed by atoms with E-state index in [4.69, 9.17) is 16.3 Å². The zero-order valence-corrected chi connectivity index (χ0v) is 18.3. The van der Waals surface area contributed by atoms with Crippen molar-refractivity contribution in [2.24, 2.45) is 0 Å². The number of halogens is 2. The quantitative estimate of drug-likeness (QED) is 0.595. The van der Waals surface area contributed by atoms with Gasteiger partial charge in [-0.05, 0) is 61.7 Å². The third-order valence-electron chi connectivity index (χ3n) is 4.83. The molecule has 0 saturated carbocycles. The highest BCUT2D eigenvalue weighted by atomic mass is 35.5. The number of carbonyl (C=O) groups is 2. The van der Waals surface area contributed by atoms with Crippen LogP contribution in [0, 0.1) is 5.82 Å². The highest BCUT2D eigenvalue weighted by Gasteiger charge is 2.29. The molecular formula is C23H28ClFN2O3. The summed E-state index contributed by atoms with van der Waals surface area (Å²) < 4.78 is 18.9. The van der Waals surface area contributed by atoms with Crippen molar-refractivity contribution in [1.82, 2.24) is 10.2 Å². The van der Waals surface area contributed by atoms with E-state index in [9.17, 15) is 14.0 Å². The van der Waals surface area contributed by atoms with Crippen LogP contribution in [0.2, 0.25) is 5.02 Å². The van der Waals surface area contributed by atoms with Crippen LogP contribution in [0.3, 0.4) is 0 Å². The predicted octanol–water partition coefficient (Wildman–Crippen LogP) is 4.58. The largest absolute Gasteiger partial charge is 0.484 e. The van der Waals surface area contributed by atoms with E-state index in [1.165, 1.54) is 17.0 Å². The first-order valence-corrected chi connectivity index (χ1v) is 10.4. The molecule has 0 bridgehead atoms.